The Morgan fingerprint density at radius 1 is 1.70 bits per heavy atom. The summed E-state index contributed by atoms with van der Waals surface area (Å²) in [5.41, 5.74) is 0.439. The van der Waals surface area contributed by atoms with E-state index in [2.05, 4.69) is 5.16 Å². The van der Waals surface area contributed by atoms with Crippen molar-refractivity contribution in [1.29, 1.82) is 0 Å². The van der Waals surface area contributed by atoms with Crippen LogP contribution in [0.5, 0.6) is 0 Å². The van der Waals surface area contributed by atoms with Gasteiger partial charge >= 0.3 is 0 Å². The minimum absolute atomic E-state index is 0.266. The molecule has 1 aromatic rings. The van der Waals surface area contributed by atoms with Gasteiger partial charge in [0.15, 0.2) is 5.13 Å². The van der Waals surface area contributed by atoms with Crippen LogP contribution in [0.15, 0.2) is 17.3 Å². The fourth-order valence-electron chi connectivity index (χ4n) is 0.558. The highest BCUT2D eigenvalue weighted by molar-refractivity contribution is 7.12. The molecule has 0 aliphatic heterocycles. The van der Waals surface area contributed by atoms with Crippen LogP contribution in [-0.2, 0) is 0 Å². The average molecular weight is 159 g/mol. The molecule has 2 nitrogen and oxygen atoms in total. The van der Waals surface area contributed by atoms with Crippen LogP contribution < -0.4 is 0 Å². The summed E-state index contributed by atoms with van der Waals surface area (Å²) in [7, 11) is 0. The molecule has 54 valence electrons. The number of nitrogens with zero attached hydrogens (tertiary/aromatic N) is 1. The van der Waals surface area contributed by atoms with Crippen molar-refractivity contribution in [3.8, 4) is 0 Å². The predicted molar refractivity (Wildman–Crippen MR) is 38.3 cm³/mol. The fraction of sp³-hybridized carbons (Fsp3) is 0.167. The Morgan fingerprint density at radius 3 is 2.80 bits per heavy atom. The van der Waals surface area contributed by atoms with Crippen molar-refractivity contribution in [2.45, 2.75) is 6.92 Å². The van der Waals surface area contributed by atoms with E-state index in [1.807, 2.05) is 0 Å². The van der Waals surface area contributed by atoms with Crippen molar-refractivity contribution >= 4 is 17.0 Å². The molecule has 10 heavy (non-hydrogen) atoms. The van der Waals surface area contributed by atoms with Crippen LogP contribution in [0.25, 0.3) is 0 Å². The first kappa shape index (κ1) is 7.21. The van der Waals surface area contributed by atoms with Crippen LogP contribution in [0, 0.1) is 5.13 Å². The lowest BCUT2D eigenvalue weighted by molar-refractivity contribution is 0.319. The third-order valence-corrected chi connectivity index (χ3v) is 2.06. The molecule has 0 atom stereocenters. The molecular weight excluding hydrogens is 153 g/mol. The predicted octanol–water partition coefficient (Wildman–Crippen LogP) is 2.09. The van der Waals surface area contributed by atoms with E-state index in [9.17, 15) is 4.39 Å². The SMILES string of the molecule is C/C(=N/O)c1ccc(F)s1. The minimum Gasteiger partial charge on any atom is -0.411 e. The van der Waals surface area contributed by atoms with Gasteiger partial charge in [0.05, 0.1) is 10.6 Å². The first-order valence-corrected chi connectivity index (χ1v) is 3.50. The molecular formula is C6H6FNOS. The molecule has 1 heterocycles. The maximum absolute atomic E-state index is 12.3. The third-order valence-electron chi connectivity index (χ3n) is 1.08. The minimum atomic E-state index is -0.266. The van der Waals surface area contributed by atoms with Crippen molar-refractivity contribution in [3.05, 3.63) is 22.1 Å². The summed E-state index contributed by atoms with van der Waals surface area (Å²) in [5, 5.41) is 10.9. The molecule has 0 bridgehead atoms. The molecule has 1 aromatic heterocycles. The van der Waals surface area contributed by atoms with Crippen molar-refractivity contribution in [1.82, 2.24) is 0 Å². The molecule has 1 N–H and O–H groups in total. The van der Waals surface area contributed by atoms with Crippen LogP contribution in [0.2, 0.25) is 0 Å². The Kier molecular flexibility index (Phi) is 2.01. The number of hydrogen-bond donors (Lipinski definition) is 1. The maximum atomic E-state index is 12.3. The quantitative estimate of drug-likeness (QED) is 0.380. The first-order valence-electron chi connectivity index (χ1n) is 2.68. The lowest BCUT2D eigenvalue weighted by atomic mass is 10.3. The van der Waals surface area contributed by atoms with E-state index in [4.69, 9.17) is 5.21 Å². The molecule has 0 aliphatic rings. The molecule has 1 rings (SSSR count). The van der Waals surface area contributed by atoms with Gasteiger partial charge < -0.3 is 5.21 Å². The van der Waals surface area contributed by atoms with Gasteiger partial charge in [-0.2, -0.15) is 4.39 Å². The number of hydrogen-bond acceptors (Lipinski definition) is 3. The molecule has 0 saturated heterocycles. The maximum Gasteiger partial charge on any atom is 0.177 e. The summed E-state index contributed by atoms with van der Waals surface area (Å²) >= 11 is 0.963. The van der Waals surface area contributed by atoms with Crippen LogP contribution >= 0.6 is 11.3 Å². The van der Waals surface area contributed by atoms with Crippen LogP contribution in [0.4, 0.5) is 4.39 Å². The van der Waals surface area contributed by atoms with Crippen molar-refractivity contribution < 1.29 is 9.60 Å². The van der Waals surface area contributed by atoms with E-state index >= 15 is 0 Å². The lowest BCUT2D eigenvalue weighted by Gasteiger charge is -1.87. The highest BCUT2D eigenvalue weighted by Crippen LogP contribution is 2.14. The number of thiophene rings is 1. The summed E-state index contributed by atoms with van der Waals surface area (Å²) in [5.74, 6) is 0. The van der Waals surface area contributed by atoms with Gasteiger partial charge in [-0.05, 0) is 19.1 Å². The van der Waals surface area contributed by atoms with Gasteiger partial charge in [0.1, 0.15) is 0 Å². The van der Waals surface area contributed by atoms with Crippen LogP contribution in [0.1, 0.15) is 11.8 Å². The van der Waals surface area contributed by atoms with Crippen LogP contribution in [-0.4, -0.2) is 10.9 Å². The Labute approximate surface area is 61.6 Å². The molecule has 0 aromatic carbocycles. The van der Waals surface area contributed by atoms with E-state index in [-0.39, 0.29) is 5.13 Å². The normalized spacial score (nSPS) is 12.0. The van der Waals surface area contributed by atoms with Gasteiger partial charge in [-0.25, -0.2) is 0 Å². The Hall–Kier alpha value is -0.900. The smallest absolute Gasteiger partial charge is 0.177 e. The summed E-state index contributed by atoms with van der Waals surface area (Å²) in [4.78, 5) is 0.653. The second-order valence-electron chi connectivity index (χ2n) is 1.79. The van der Waals surface area contributed by atoms with E-state index in [1.54, 1.807) is 13.0 Å². The number of oxime groups is 1. The third kappa shape index (κ3) is 1.33. The van der Waals surface area contributed by atoms with E-state index in [0.29, 0.717) is 10.6 Å². The summed E-state index contributed by atoms with van der Waals surface area (Å²) < 4.78 is 12.3. The average Bonchev–Trinajstić information content (AvgIpc) is 2.34. The summed E-state index contributed by atoms with van der Waals surface area (Å²) in [6.45, 7) is 1.62. The van der Waals surface area contributed by atoms with Gasteiger partial charge in [0.25, 0.3) is 0 Å². The van der Waals surface area contributed by atoms with Crippen LogP contribution in [0.3, 0.4) is 0 Å². The Balaban J connectivity index is 2.95. The molecule has 0 fully saturated rings. The van der Waals surface area contributed by atoms with E-state index < -0.39 is 0 Å². The molecule has 0 unspecified atom stereocenters. The molecule has 0 radical (unpaired) electrons. The summed E-state index contributed by atoms with van der Waals surface area (Å²) in [6, 6.07) is 2.92. The lowest BCUT2D eigenvalue weighted by Crippen LogP contribution is -1.87. The molecule has 0 aliphatic carbocycles. The van der Waals surface area contributed by atoms with Gasteiger partial charge in [-0.15, -0.1) is 11.3 Å². The topological polar surface area (TPSA) is 32.6 Å². The molecule has 4 heteroatoms. The molecule has 0 spiro atoms. The zero-order valence-electron chi connectivity index (χ0n) is 5.34. The van der Waals surface area contributed by atoms with Gasteiger partial charge in [0, 0.05) is 0 Å². The fourth-order valence-corrected chi connectivity index (χ4v) is 1.23. The zero-order chi connectivity index (χ0) is 7.56. The van der Waals surface area contributed by atoms with Gasteiger partial charge in [0.2, 0.25) is 0 Å². The van der Waals surface area contributed by atoms with E-state index in [1.165, 1.54) is 6.07 Å². The molecule has 0 amide bonds. The Morgan fingerprint density at radius 2 is 2.40 bits per heavy atom. The molecule has 0 saturated carbocycles. The second kappa shape index (κ2) is 2.79. The number of halogens is 1. The van der Waals surface area contributed by atoms with Crippen molar-refractivity contribution in [2.75, 3.05) is 0 Å². The Bertz CT molecular complexity index is 256. The standard InChI is InChI=1S/C6H6FNOS/c1-4(8-9)5-2-3-6(7)10-5/h2-3,9H,1H3/b8-4-. The van der Waals surface area contributed by atoms with E-state index in [0.717, 1.165) is 11.3 Å². The van der Waals surface area contributed by atoms with Crippen molar-refractivity contribution in [2.24, 2.45) is 5.16 Å². The zero-order valence-corrected chi connectivity index (χ0v) is 6.15. The van der Waals surface area contributed by atoms with Gasteiger partial charge in [-0.1, -0.05) is 5.16 Å². The first-order chi connectivity index (χ1) is 4.74. The monoisotopic (exact) mass is 159 g/mol. The number of rotatable bonds is 1. The highest BCUT2D eigenvalue weighted by atomic mass is 32.1. The second-order valence-corrected chi connectivity index (χ2v) is 2.82. The van der Waals surface area contributed by atoms with Crippen molar-refractivity contribution in [3.63, 3.8) is 0 Å². The highest BCUT2D eigenvalue weighted by Gasteiger charge is 2.01. The van der Waals surface area contributed by atoms with Gasteiger partial charge in [-0.3, -0.25) is 0 Å². The largest absolute Gasteiger partial charge is 0.411 e. The summed E-state index contributed by atoms with van der Waals surface area (Å²) in [6.07, 6.45) is 0.